The molecular formula is C11H8ClN5OS. The predicted octanol–water partition coefficient (Wildman–Crippen LogP) is 2.40. The van der Waals surface area contributed by atoms with E-state index in [-0.39, 0.29) is 5.91 Å². The van der Waals surface area contributed by atoms with E-state index >= 15 is 0 Å². The van der Waals surface area contributed by atoms with Crippen LogP contribution in [0.4, 0.5) is 5.69 Å². The second kappa shape index (κ2) is 4.60. The molecule has 0 unspecified atom stereocenters. The van der Waals surface area contributed by atoms with Crippen molar-refractivity contribution in [2.45, 2.75) is 6.92 Å². The first-order chi connectivity index (χ1) is 9.15. The second-order valence-corrected chi connectivity index (χ2v) is 5.19. The van der Waals surface area contributed by atoms with Gasteiger partial charge in [0.05, 0.1) is 0 Å². The summed E-state index contributed by atoms with van der Waals surface area (Å²) in [5.41, 5.74) is 1.49. The van der Waals surface area contributed by atoms with Crippen molar-refractivity contribution in [1.29, 1.82) is 0 Å². The molecule has 0 bridgehead atoms. The van der Waals surface area contributed by atoms with Crippen molar-refractivity contribution < 1.29 is 4.79 Å². The summed E-state index contributed by atoms with van der Waals surface area (Å²) < 4.78 is 1.46. The quantitative estimate of drug-likeness (QED) is 0.787. The van der Waals surface area contributed by atoms with Gasteiger partial charge in [-0.05, 0) is 24.6 Å². The predicted molar refractivity (Wildman–Crippen MR) is 72.8 cm³/mol. The summed E-state index contributed by atoms with van der Waals surface area (Å²) in [6.45, 7) is 1.84. The van der Waals surface area contributed by atoms with Gasteiger partial charge in [0.1, 0.15) is 6.33 Å². The fourth-order valence-corrected chi connectivity index (χ4v) is 2.46. The third-order valence-corrected chi connectivity index (χ3v) is 3.92. The maximum atomic E-state index is 12.1. The van der Waals surface area contributed by atoms with Crippen molar-refractivity contribution >= 4 is 39.5 Å². The smallest absolute Gasteiger partial charge is 0.286 e. The Morgan fingerprint density at radius 2 is 2.32 bits per heavy atom. The molecule has 0 aliphatic carbocycles. The van der Waals surface area contributed by atoms with Gasteiger partial charge in [-0.2, -0.15) is 4.52 Å². The second-order valence-electron chi connectivity index (χ2n) is 3.83. The molecule has 2 aromatic heterocycles. The highest BCUT2D eigenvalue weighted by Gasteiger charge is 2.15. The lowest BCUT2D eigenvalue weighted by Crippen LogP contribution is -2.13. The van der Waals surface area contributed by atoms with Crippen LogP contribution in [0, 0.1) is 6.92 Å². The molecule has 3 rings (SSSR count). The van der Waals surface area contributed by atoms with Crippen molar-refractivity contribution in [2.24, 2.45) is 0 Å². The first-order valence-electron chi connectivity index (χ1n) is 5.38. The van der Waals surface area contributed by atoms with Crippen LogP contribution >= 0.6 is 22.9 Å². The van der Waals surface area contributed by atoms with Crippen LogP contribution in [0.5, 0.6) is 0 Å². The SMILES string of the molecule is Cc1c(Cl)cccc1NC(=O)c1nn2cnnc2s1. The molecular weight excluding hydrogens is 286 g/mol. The number of amides is 1. The minimum Gasteiger partial charge on any atom is -0.320 e. The first-order valence-corrected chi connectivity index (χ1v) is 6.58. The molecule has 0 aliphatic rings. The fourth-order valence-electron chi connectivity index (χ4n) is 1.57. The van der Waals surface area contributed by atoms with Crippen molar-refractivity contribution in [3.05, 3.63) is 40.1 Å². The zero-order valence-electron chi connectivity index (χ0n) is 9.79. The highest BCUT2D eigenvalue weighted by atomic mass is 35.5. The highest BCUT2D eigenvalue weighted by Crippen LogP contribution is 2.23. The number of hydrogen-bond acceptors (Lipinski definition) is 5. The van der Waals surface area contributed by atoms with E-state index in [1.807, 2.05) is 6.92 Å². The highest BCUT2D eigenvalue weighted by molar-refractivity contribution is 7.18. The molecule has 2 heterocycles. The molecule has 0 radical (unpaired) electrons. The molecule has 0 saturated carbocycles. The Balaban J connectivity index is 1.89. The zero-order valence-corrected chi connectivity index (χ0v) is 11.4. The topological polar surface area (TPSA) is 72.2 Å². The largest absolute Gasteiger partial charge is 0.320 e. The number of benzene rings is 1. The lowest BCUT2D eigenvalue weighted by Gasteiger charge is -2.07. The number of carbonyl (C=O) groups excluding carboxylic acids is 1. The van der Waals surface area contributed by atoms with Crippen LogP contribution in [0.2, 0.25) is 5.02 Å². The molecule has 8 heteroatoms. The van der Waals surface area contributed by atoms with Crippen LogP contribution in [0.15, 0.2) is 24.5 Å². The van der Waals surface area contributed by atoms with Crippen LogP contribution in [0.1, 0.15) is 15.4 Å². The standard InChI is InChI=1S/C11H8ClN5OS/c1-6-7(12)3-2-4-8(6)14-9(18)10-16-17-5-13-15-11(17)19-10/h2-5H,1H3,(H,14,18). The fraction of sp³-hybridized carbons (Fsp3) is 0.0909. The third-order valence-electron chi connectivity index (χ3n) is 2.60. The molecule has 3 aromatic rings. The van der Waals surface area contributed by atoms with Gasteiger partial charge in [-0.3, -0.25) is 4.79 Å². The number of nitrogens with one attached hydrogen (secondary N) is 1. The molecule has 19 heavy (non-hydrogen) atoms. The van der Waals surface area contributed by atoms with Crippen LogP contribution < -0.4 is 5.32 Å². The number of anilines is 1. The summed E-state index contributed by atoms with van der Waals surface area (Å²) in [6, 6.07) is 5.35. The summed E-state index contributed by atoms with van der Waals surface area (Å²) >= 11 is 7.18. The Labute approximate surface area is 117 Å². The Hall–Kier alpha value is -1.99. The summed E-state index contributed by atoms with van der Waals surface area (Å²) in [7, 11) is 0. The molecule has 96 valence electrons. The molecule has 0 spiro atoms. The van der Waals surface area contributed by atoms with E-state index in [0.29, 0.717) is 20.7 Å². The summed E-state index contributed by atoms with van der Waals surface area (Å²) in [4.78, 5) is 12.7. The normalized spacial score (nSPS) is 10.8. The van der Waals surface area contributed by atoms with Crippen LogP contribution in [-0.2, 0) is 0 Å². The molecule has 6 nitrogen and oxygen atoms in total. The van der Waals surface area contributed by atoms with Gasteiger partial charge >= 0.3 is 0 Å². The van der Waals surface area contributed by atoms with Gasteiger partial charge in [0.15, 0.2) is 0 Å². The van der Waals surface area contributed by atoms with E-state index in [1.54, 1.807) is 18.2 Å². The average Bonchev–Trinajstić information content (AvgIpc) is 2.95. The van der Waals surface area contributed by atoms with Crippen LogP contribution in [-0.4, -0.2) is 25.7 Å². The van der Waals surface area contributed by atoms with Gasteiger partial charge in [0.2, 0.25) is 9.97 Å². The number of hydrogen-bond donors (Lipinski definition) is 1. The average molecular weight is 294 g/mol. The summed E-state index contributed by atoms with van der Waals surface area (Å²) in [5.74, 6) is -0.291. The molecule has 0 atom stereocenters. The Bertz CT molecular complexity index is 737. The van der Waals surface area contributed by atoms with Crippen molar-refractivity contribution in [1.82, 2.24) is 19.8 Å². The van der Waals surface area contributed by atoms with Crippen LogP contribution in [0.25, 0.3) is 4.96 Å². The number of carbonyl (C=O) groups is 1. The summed E-state index contributed by atoms with van der Waals surface area (Å²) in [6.07, 6.45) is 1.45. The third kappa shape index (κ3) is 2.18. The lowest BCUT2D eigenvalue weighted by molar-refractivity contribution is 0.102. The van der Waals surface area contributed by atoms with E-state index in [1.165, 1.54) is 22.2 Å². The minimum absolute atomic E-state index is 0.291. The number of aromatic nitrogens is 4. The van der Waals surface area contributed by atoms with Crippen molar-refractivity contribution in [3.8, 4) is 0 Å². The van der Waals surface area contributed by atoms with Gasteiger partial charge < -0.3 is 5.32 Å². The molecule has 1 amide bonds. The monoisotopic (exact) mass is 293 g/mol. The van der Waals surface area contributed by atoms with E-state index in [2.05, 4.69) is 20.6 Å². The molecule has 0 aliphatic heterocycles. The van der Waals surface area contributed by atoms with E-state index in [9.17, 15) is 4.79 Å². The molecule has 0 saturated heterocycles. The van der Waals surface area contributed by atoms with Crippen molar-refractivity contribution in [2.75, 3.05) is 5.32 Å². The van der Waals surface area contributed by atoms with Gasteiger partial charge in [0.25, 0.3) is 5.91 Å². The van der Waals surface area contributed by atoms with E-state index in [4.69, 9.17) is 11.6 Å². The Kier molecular flexibility index (Phi) is 2.92. The van der Waals surface area contributed by atoms with Gasteiger partial charge in [-0.1, -0.05) is 29.0 Å². The Morgan fingerprint density at radius 3 is 3.11 bits per heavy atom. The summed E-state index contributed by atoms with van der Waals surface area (Å²) in [5, 5.41) is 15.3. The molecule has 1 aromatic carbocycles. The van der Waals surface area contributed by atoms with E-state index in [0.717, 1.165) is 5.56 Å². The number of halogens is 1. The number of rotatable bonds is 2. The van der Waals surface area contributed by atoms with Gasteiger partial charge in [-0.25, -0.2) is 0 Å². The molecule has 0 fully saturated rings. The van der Waals surface area contributed by atoms with Gasteiger partial charge in [0, 0.05) is 10.7 Å². The lowest BCUT2D eigenvalue weighted by atomic mass is 10.2. The molecule has 1 N–H and O–H groups in total. The maximum absolute atomic E-state index is 12.1. The van der Waals surface area contributed by atoms with Crippen molar-refractivity contribution in [3.63, 3.8) is 0 Å². The van der Waals surface area contributed by atoms with Gasteiger partial charge in [-0.15, -0.1) is 15.3 Å². The number of fused-ring (bicyclic) bond motifs is 1. The first kappa shape index (κ1) is 12.1. The van der Waals surface area contributed by atoms with E-state index < -0.39 is 0 Å². The zero-order chi connectivity index (χ0) is 13.4. The Morgan fingerprint density at radius 1 is 1.47 bits per heavy atom. The van der Waals surface area contributed by atoms with Crippen LogP contribution in [0.3, 0.4) is 0 Å². The maximum Gasteiger partial charge on any atom is 0.286 e. The minimum atomic E-state index is -0.291. The number of nitrogens with zero attached hydrogens (tertiary/aromatic N) is 4.